The van der Waals surface area contributed by atoms with Gasteiger partial charge in [-0.05, 0) is 95.7 Å². The van der Waals surface area contributed by atoms with Gasteiger partial charge in [0.05, 0.1) is 0 Å². The van der Waals surface area contributed by atoms with Crippen molar-refractivity contribution in [2.75, 3.05) is 0 Å². The van der Waals surface area contributed by atoms with Crippen molar-refractivity contribution in [3.63, 3.8) is 0 Å². The van der Waals surface area contributed by atoms with E-state index in [1.165, 1.54) is 65.3 Å². The lowest BCUT2D eigenvalue weighted by Gasteiger charge is -2.11. The van der Waals surface area contributed by atoms with E-state index in [4.69, 9.17) is 11.6 Å². The molecule has 6 aromatic carbocycles. The Kier molecular flexibility index (Phi) is 3.29. The lowest BCUT2D eigenvalue weighted by atomic mass is 9.93. The Hall–Kier alpha value is -2.87. The number of fused-ring (bicyclic) bond motifs is 8. The Morgan fingerprint density at radius 2 is 1.20 bits per heavy atom. The Balaban J connectivity index is 1.62. The fourth-order valence-corrected chi connectivity index (χ4v) is 5.81. The second-order valence-corrected chi connectivity index (χ2v) is 9.32. The summed E-state index contributed by atoms with van der Waals surface area (Å²) in [6.07, 6.45) is 0. The van der Waals surface area contributed by atoms with Gasteiger partial charge in [-0.15, -0.1) is 0 Å². The second kappa shape index (κ2) is 5.85. The normalized spacial score (nSPS) is 12.3. The minimum atomic E-state index is 0.775. The molecule has 0 spiro atoms. The first kappa shape index (κ1) is 16.9. The summed E-state index contributed by atoms with van der Waals surface area (Å²) in [6.45, 7) is 0. The van der Waals surface area contributed by atoms with Crippen molar-refractivity contribution in [3.8, 4) is 22.3 Å². The molecular weight excluding hydrogens is 452 g/mol. The fraction of sp³-hybridized carbons (Fsp3) is 0. The largest absolute Gasteiger partial charge is 0.0843 e. The highest BCUT2D eigenvalue weighted by Gasteiger charge is 2.23. The highest BCUT2D eigenvalue weighted by atomic mass is 79.9. The first-order valence-corrected chi connectivity index (χ1v) is 11.2. The Morgan fingerprint density at radius 1 is 0.500 bits per heavy atom. The quantitative estimate of drug-likeness (QED) is 0.196. The van der Waals surface area contributed by atoms with Crippen LogP contribution in [0.15, 0.2) is 89.4 Å². The van der Waals surface area contributed by atoms with Crippen LogP contribution in [0, 0.1) is 0 Å². The van der Waals surface area contributed by atoms with E-state index in [2.05, 4.69) is 88.7 Å². The molecular formula is C28H14BrCl. The van der Waals surface area contributed by atoms with Crippen molar-refractivity contribution >= 4 is 70.6 Å². The average Bonchev–Trinajstić information content (AvgIpc) is 3.08. The predicted octanol–water partition coefficient (Wildman–Crippen LogP) is 9.36. The first-order chi connectivity index (χ1) is 14.7. The highest BCUT2D eigenvalue weighted by Crippen LogP contribution is 2.50. The van der Waals surface area contributed by atoms with Gasteiger partial charge in [-0.25, -0.2) is 0 Å². The van der Waals surface area contributed by atoms with E-state index in [-0.39, 0.29) is 0 Å². The Bertz CT molecular complexity index is 1710. The maximum absolute atomic E-state index is 6.22. The van der Waals surface area contributed by atoms with E-state index in [0.717, 1.165) is 9.50 Å². The summed E-state index contributed by atoms with van der Waals surface area (Å²) in [7, 11) is 0. The third-order valence-corrected chi connectivity index (χ3v) is 7.43. The summed E-state index contributed by atoms with van der Waals surface area (Å²) < 4.78 is 1.15. The van der Waals surface area contributed by atoms with Crippen molar-refractivity contribution in [1.82, 2.24) is 0 Å². The van der Waals surface area contributed by atoms with Crippen LogP contribution in [-0.2, 0) is 0 Å². The maximum atomic E-state index is 6.22. The Morgan fingerprint density at radius 3 is 2.07 bits per heavy atom. The molecule has 1 aliphatic carbocycles. The molecule has 2 heteroatoms. The predicted molar refractivity (Wildman–Crippen MR) is 134 cm³/mol. The summed E-state index contributed by atoms with van der Waals surface area (Å²) in [5.74, 6) is 0. The van der Waals surface area contributed by atoms with Crippen molar-refractivity contribution in [3.05, 3.63) is 94.4 Å². The lowest BCUT2D eigenvalue weighted by molar-refractivity contribution is 1.73. The monoisotopic (exact) mass is 464 g/mol. The van der Waals surface area contributed by atoms with Crippen molar-refractivity contribution in [2.24, 2.45) is 0 Å². The molecule has 0 amide bonds. The Labute approximate surface area is 186 Å². The van der Waals surface area contributed by atoms with E-state index in [1.807, 2.05) is 12.1 Å². The minimum absolute atomic E-state index is 0.775. The molecule has 6 aromatic rings. The van der Waals surface area contributed by atoms with Crippen molar-refractivity contribution in [2.45, 2.75) is 0 Å². The molecule has 0 atom stereocenters. The van der Waals surface area contributed by atoms with Crippen LogP contribution in [0.1, 0.15) is 0 Å². The molecule has 0 saturated heterocycles. The van der Waals surface area contributed by atoms with Gasteiger partial charge >= 0.3 is 0 Å². The SMILES string of the molecule is Clc1ccc2c(ccc3c4cc5c(cc4ccc23)-c2cccc3c(Br)ccc-5c23)c1. The number of rotatable bonds is 0. The van der Waals surface area contributed by atoms with Crippen LogP contribution in [0.5, 0.6) is 0 Å². The summed E-state index contributed by atoms with van der Waals surface area (Å²) >= 11 is 9.95. The molecule has 1 aliphatic rings. The van der Waals surface area contributed by atoms with E-state index >= 15 is 0 Å². The highest BCUT2D eigenvalue weighted by molar-refractivity contribution is 9.10. The zero-order chi connectivity index (χ0) is 20.0. The van der Waals surface area contributed by atoms with Crippen molar-refractivity contribution < 1.29 is 0 Å². The van der Waals surface area contributed by atoms with Gasteiger partial charge in [0, 0.05) is 9.50 Å². The van der Waals surface area contributed by atoms with Crippen LogP contribution in [0.25, 0.3) is 65.3 Å². The summed E-state index contributed by atoms with van der Waals surface area (Å²) in [5, 5.41) is 11.0. The van der Waals surface area contributed by atoms with Crippen LogP contribution in [-0.4, -0.2) is 0 Å². The van der Waals surface area contributed by atoms with Crippen LogP contribution >= 0.6 is 27.5 Å². The van der Waals surface area contributed by atoms with Crippen LogP contribution in [0.3, 0.4) is 0 Å². The van der Waals surface area contributed by atoms with Crippen LogP contribution < -0.4 is 0 Å². The van der Waals surface area contributed by atoms with E-state index in [1.54, 1.807) is 0 Å². The molecule has 0 nitrogen and oxygen atoms in total. The van der Waals surface area contributed by atoms with Gasteiger partial charge in [0.15, 0.2) is 0 Å². The molecule has 0 aromatic heterocycles. The molecule has 140 valence electrons. The summed E-state index contributed by atoms with van der Waals surface area (Å²) in [4.78, 5) is 0. The number of hydrogen-bond acceptors (Lipinski definition) is 0. The van der Waals surface area contributed by atoms with Gasteiger partial charge in [0.25, 0.3) is 0 Å². The standard InChI is InChI=1S/C28H14BrCl/c29-27-11-10-22-26-14-24-16(13-25(26)21-2-1-3-23(27)28(21)22)5-7-19-18-9-6-17(30)12-15(18)4-8-20(19)24/h1-14H. The third kappa shape index (κ3) is 2.12. The topological polar surface area (TPSA) is 0 Å². The number of hydrogen-bond donors (Lipinski definition) is 0. The van der Waals surface area contributed by atoms with Crippen LogP contribution in [0.4, 0.5) is 0 Å². The zero-order valence-corrected chi connectivity index (χ0v) is 18.2. The summed E-state index contributed by atoms with van der Waals surface area (Å²) in [6, 6.07) is 30.8. The number of benzene rings is 6. The van der Waals surface area contributed by atoms with Gasteiger partial charge in [0.1, 0.15) is 0 Å². The van der Waals surface area contributed by atoms with Crippen LogP contribution in [0.2, 0.25) is 5.02 Å². The zero-order valence-electron chi connectivity index (χ0n) is 15.8. The molecule has 0 aliphatic heterocycles. The molecule has 0 bridgehead atoms. The molecule has 7 rings (SSSR count). The van der Waals surface area contributed by atoms with Gasteiger partial charge < -0.3 is 0 Å². The molecule has 0 radical (unpaired) electrons. The fourth-order valence-electron chi connectivity index (χ4n) is 5.17. The van der Waals surface area contributed by atoms with E-state index < -0.39 is 0 Å². The average molecular weight is 466 g/mol. The van der Waals surface area contributed by atoms with Crippen molar-refractivity contribution in [1.29, 1.82) is 0 Å². The molecule has 0 unspecified atom stereocenters. The van der Waals surface area contributed by atoms with E-state index in [0.29, 0.717) is 0 Å². The second-order valence-electron chi connectivity index (χ2n) is 8.03. The van der Waals surface area contributed by atoms with Gasteiger partial charge in [-0.2, -0.15) is 0 Å². The minimum Gasteiger partial charge on any atom is -0.0843 e. The van der Waals surface area contributed by atoms with Gasteiger partial charge in [-0.1, -0.05) is 82.1 Å². The molecule has 0 N–H and O–H groups in total. The smallest absolute Gasteiger partial charge is 0.0412 e. The van der Waals surface area contributed by atoms with Gasteiger partial charge in [-0.3, -0.25) is 0 Å². The molecule has 0 saturated carbocycles. The van der Waals surface area contributed by atoms with E-state index in [9.17, 15) is 0 Å². The molecule has 30 heavy (non-hydrogen) atoms. The molecule has 0 heterocycles. The maximum Gasteiger partial charge on any atom is 0.0412 e. The lowest BCUT2D eigenvalue weighted by Crippen LogP contribution is -1.84. The molecule has 0 fully saturated rings. The number of halogens is 2. The first-order valence-electron chi connectivity index (χ1n) is 10.00. The summed E-state index contributed by atoms with van der Waals surface area (Å²) in [5.41, 5.74) is 5.30. The third-order valence-electron chi connectivity index (χ3n) is 6.50. The van der Waals surface area contributed by atoms with Gasteiger partial charge in [0.2, 0.25) is 0 Å².